The van der Waals surface area contributed by atoms with Crippen LogP contribution in [0.2, 0.25) is 5.02 Å². The van der Waals surface area contributed by atoms with E-state index in [0.29, 0.717) is 12.5 Å². The third-order valence-corrected chi connectivity index (χ3v) is 4.59. The molecule has 1 saturated carbocycles. The Bertz CT molecular complexity index is 413. The number of nitrogens with one attached hydrogen (secondary N) is 1. The Morgan fingerprint density at radius 1 is 1.32 bits per heavy atom. The van der Waals surface area contributed by atoms with Crippen molar-refractivity contribution < 1.29 is 5.11 Å². The first-order valence-electron chi connectivity index (χ1n) is 7.23. The number of halogens is 1. The first-order valence-corrected chi connectivity index (χ1v) is 7.61. The molecule has 2 N–H and O–H groups in total. The molecule has 0 spiro atoms. The summed E-state index contributed by atoms with van der Waals surface area (Å²) >= 11 is 6.41. The molecule has 1 aromatic carbocycles. The molecule has 1 aliphatic rings. The van der Waals surface area contributed by atoms with E-state index < -0.39 is 6.10 Å². The molecular weight excluding hydrogens is 258 g/mol. The Morgan fingerprint density at radius 2 is 2.00 bits per heavy atom. The standard InChI is InChI=1S/C16H24ClNO/c1-11-3-5-12(6-4-11)14-8-7-13(9-15(14)17)16(19)10-18-2/h7-9,11-12,16,18-19H,3-6,10H2,1-2H3. The summed E-state index contributed by atoms with van der Waals surface area (Å²) in [5, 5.41) is 13.7. The van der Waals surface area contributed by atoms with Gasteiger partial charge in [-0.25, -0.2) is 0 Å². The molecule has 0 radical (unpaired) electrons. The van der Waals surface area contributed by atoms with Gasteiger partial charge >= 0.3 is 0 Å². The first-order chi connectivity index (χ1) is 9.11. The van der Waals surface area contributed by atoms with Crippen LogP contribution >= 0.6 is 11.6 Å². The van der Waals surface area contributed by atoms with Crippen LogP contribution < -0.4 is 5.32 Å². The Kier molecular flexibility index (Phi) is 5.26. The minimum absolute atomic E-state index is 0.483. The summed E-state index contributed by atoms with van der Waals surface area (Å²) < 4.78 is 0. The second-order valence-electron chi connectivity index (χ2n) is 5.81. The maximum absolute atomic E-state index is 9.96. The van der Waals surface area contributed by atoms with Gasteiger partial charge in [0.25, 0.3) is 0 Å². The summed E-state index contributed by atoms with van der Waals surface area (Å²) in [5.74, 6) is 1.45. The van der Waals surface area contributed by atoms with Crippen LogP contribution in [0.1, 0.15) is 55.8 Å². The van der Waals surface area contributed by atoms with E-state index in [4.69, 9.17) is 11.6 Å². The molecule has 0 aromatic heterocycles. The van der Waals surface area contributed by atoms with Crippen LogP contribution in [0.15, 0.2) is 18.2 Å². The van der Waals surface area contributed by atoms with Gasteiger partial charge < -0.3 is 10.4 Å². The Morgan fingerprint density at radius 3 is 2.58 bits per heavy atom. The van der Waals surface area contributed by atoms with Gasteiger partial charge in [-0.1, -0.05) is 43.5 Å². The van der Waals surface area contributed by atoms with E-state index in [9.17, 15) is 5.11 Å². The van der Waals surface area contributed by atoms with Crippen LogP contribution in [0.3, 0.4) is 0 Å². The minimum atomic E-state index is -0.483. The second kappa shape index (κ2) is 6.74. The van der Waals surface area contributed by atoms with Crippen LogP contribution in [0.5, 0.6) is 0 Å². The molecular formula is C16H24ClNO. The van der Waals surface area contributed by atoms with E-state index >= 15 is 0 Å². The maximum atomic E-state index is 9.96. The van der Waals surface area contributed by atoms with Gasteiger partial charge in [-0.2, -0.15) is 0 Å². The predicted molar refractivity (Wildman–Crippen MR) is 80.7 cm³/mol. The van der Waals surface area contributed by atoms with Gasteiger partial charge in [0.15, 0.2) is 0 Å². The Labute approximate surface area is 121 Å². The van der Waals surface area contributed by atoms with E-state index in [0.717, 1.165) is 16.5 Å². The number of aliphatic hydroxyl groups is 1. The zero-order chi connectivity index (χ0) is 13.8. The topological polar surface area (TPSA) is 32.3 Å². The fraction of sp³-hybridized carbons (Fsp3) is 0.625. The number of aliphatic hydroxyl groups excluding tert-OH is 1. The van der Waals surface area contributed by atoms with Gasteiger partial charge in [-0.3, -0.25) is 0 Å². The predicted octanol–water partition coefficient (Wildman–Crippen LogP) is 3.89. The lowest BCUT2D eigenvalue weighted by molar-refractivity contribution is 0.178. The van der Waals surface area contributed by atoms with Crippen molar-refractivity contribution in [3.8, 4) is 0 Å². The Balaban J connectivity index is 2.10. The fourth-order valence-electron chi connectivity index (χ4n) is 2.96. The minimum Gasteiger partial charge on any atom is -0.387 e. The van der Waals surface area contributed by atoms with Crippen molar-refractivity contribution in [1.29, 1.82) is 0 Å². The summed E-state index contributed by atoms with van der Waals surface area (Å²) in [6.45, 7) is 2.88. The lowest BCUT2D eigenvalue weighted by Gasteiger charge is -2.27. The van der Waals surface area contributed by atoms with Crippen molar-refractivity contribution in [3.05, 3.63) is 34.3 Å². The quantitative estimate of drug-likeness (QED) is 0.878. The SMILES string of the molecule is CNCC(O)c1ccc(C2CCC(C)CC2)c(Cl)c1. The lowest BCUT2D eigenvalue weighted by Crippen LogP contribution is -2.17. The van der Waals surface area contributed by atoms with E-state index in [1.807, 2.05) is 19.2 Å². The molecule has 19 heavy (non-hydrogen) atoms. The van der Waals surface area contributed by atoms with E-state index in [1.54, 1.807) is 0 Å². The van der Waals surface area contributed by atoms with Gasteiger partial charge in [0.1, 0.15) is 0 Å². The number of rotatable bonds is 4. The van der Waals surface area contributed by atoms with Gasteiger partial charge in [0.05, 0.1) is 6.10 Å². The average Bonchev–Trinajstić information content (AvgIpc) is 2.40. The van der Waals surface area contributed by atoms with Crippen LogP contribution in [0.4, 0.5) is 0 Å². The zero-order valence-corrected chi connectivity index (χ0v) is 12.6. The van der Waals surface area contributed by atoms with Gasteiger partial charge in [-0.15, -0.1) is 0 Å². The van der Waals surface area contributed by atoms with Gasteiger partial charge in [0, 0.05) is 11.6 Å². The van der Waals surface area contributed by atoms with Crippen molar-refractivity contribution in [2.75, 3.05) is 13.6 Å². The highest BCUT2D eigenvalue weighted by Crippen LogP contribution is 2.39. The highest BCUT2D eigenvalue weighted by atomic mass is 35.5. The molecule has 1 aromatic rings. The van der Waals surface area contributed by atoms with E-state index in [1.165, 1.54) is 31.2 Å². The molecule has 3 heteroatoms. The van der Waals surface area contributed by atoms with Crippen molar-refractivity contribution in [1.82, 2.24) is 5.32 Å². The largest absolute Gasteiger partial charge is 0.387 e. The zero-order valence-electron chi connectivity index (χ0n) is 11.8. The highest BCUT2D eigenvalue weighted by Gasteiger charge is 2.22. The molecule has 2 rings (SSSR count). The molecule has 1 unspecified atom stereocenters. The van der Waals surface area contributed by atoms with E-state index in [-0.39, 0.29) is 0 Å². The summed E-state index contributed by atoms with van der Waals surface area (Å²) in [6.07, 6.45) is 4.58. The lowest BCUT2D eigenvalue weighted by atomic mass is 9.79. The molecule has 1 aliphatic carbocycles. The van der Waals surface area contributed by atoms with Crippen LogP contribution in [-0.4, -0.2) is 18.7 Å². The van der Waals surface area contributed by atoms with Crippen molar-refractivity contribution in [3.63, 3.8) is 0 Å². The van der Waals surface area contributed by atoms with Crippen molar-refractivity contribution in [2.24, 2.45) is 5.92 Å². The van der Waals surface area contributed by atoms with Gasteiger partial charge in [-0.05, 0) is 48.9 Å². The third-order valence-electron chi connectivity index (χ3n) is 4.26. The smallest absolute Gasteiger partial charge is 0.0914 e. The summed E-state index contributed by atoms with van der Waals surface area (Å²) in [6, 6.07) is 6.05. The summed E-state index contributed by atoms with van der Waals surface area (Å²) in [5.41, 5.74) is 2.15. The third kappa shape index (κ3) is 3.71. The van der Waals surface area contributed by atoms with Crippen molar-refractivity contribution in [2.45, 2.75) is 44.6 Å². The number of hydrogen-bond donors (Lipinski definition) is 2. The normalized spacial score (nSPS) is 25.3. The number of likely N-dealkylation sites (N-methyl/N-ethyl adjacent to an activating group) is 1. The maximum Gasteiger partial charge on any atom is 0.0914 e. The first kappa shape index (κ1) is 14.8. The molecule has 1 atom stereocenters. The van der Waals surface area contributed by atoms with Crippen LogP contribution in [-0.2, 0) is 0 Å². The van der Waals surface area contributed by atoms with Crippen LogP contribution in [0.25, 0.3) is 0 Å². The Hall–Kier alpha value is -0.570. The molecule has 0 amide bonds. The van der Waals surface area contributed by atoms with E-state index in [2.05, 4.69) is 18.3 Å². The van der Waals surface area contributed by atoms with Gasteiger partial charge in [0.2, 0.25) is 0 Å². The molecule has 0 aliphatic heterocycles. The van der Waals surface area contributed by atoms with Crippen molar-refractivity contribution >= 4 is 11.6 Å². The summed E-state index contributed by atoms with van der Waals surface area (Å²) in [7, 11) is 1.84. The molecule has 0 saturated heterocycles. The molecule has 0 bridgehead atoms. The molecule has 0 heterocycles. The monoisotopic (exact) mass is 281 g/mol. The summed E-state index contributed by atoms with van der Waals surface area (Å²) in [4.78, 5) is 0. The molecule has 106 valence electrons. The average molecular weight is 282 g/mol. The molecule has 2 nitrogen and oxygen atoms in total. The number of benzene rings is 1. The highest BCUT2D eigenvalue weighted by molar-refractivity contribution is 6.31. The number of hydrogen-bond acceptors (Lipinski definition) is 2. The van der Waals surface area contributed by atoms with Crippen LogP contribution in [0, 0.1) is 5.92 Å². The second-order valence-corrected chi connectivity index (χ2v) is 6.22. The fourth-order valence-corrected chi connectivity index (χ4v) is 3.31. The molecule has 1 fully saturated rings.